The predicted octanol–water partition coefficient (Wildman–Crippen LogP) is 2.14. The maximum atomic E-state index is 5.05. The van der Waals surface area contributed by atoms with Gasteiger partial charge in [-0.1, -0.05) is 0 Å². The molecule has 21 heavy (non-hydrogen) atoms. The van der Waals surface area contributed by atoms with Crippen molar-refractivity contribution >= 4 is 11.3 Å². The molecule has 0 aliphatic heterocycles. The number of aromatic nitrogens is 4. The van der Waals surface area contributed by atoms with Gasteiger partial charge in [-0.25, -0.2) is 4.68 Å². The van der Waals surface area contributed by atoms with Gasteiger partial charge in [-0.05, 0) is 43.3 Å². The smallest absolute Gasteiger partial charge is 0.168 e. The van der Waals surface area contributed by atoms with Crippen molar-refractivity contribution in [3.8, 4) is 0 Å². The molecule has 0 aromatic carbocycles. The third kappa shape index (κ3) is 4.33. The molecule has 0 bridgehead atoms. The molecule has 0 fully saturated rings. The lowest BCUT2D eigenvalue weighted by Gasteiger charge is -2.17. The van der Waals surface area contributed by atoms with Gasteiger partial charge in [0.25, 0.3) is 0 Å². The van der Waals surface area contributed by atoms with Crippen molar-refractivity contribution in [1.29, 1.82) is 0 Å². The van der Waals surface area contributed by atoms with Gasteiger partial charge in [0.15, 0.2) is 5.82 Å². The van der Waals surface area contributed by atoms with Crippen molar-refractivity contribution in [3.63, 3.8) is 0 Å². The number of nitrogens with zero attached hydrogens (tertiary/aromatic N) is 4. The topological polar surface area (TPSA) is 64.9 Å². The summed E-state index contributed by atoms with van der Waals surface area (Å²) in [4.78, 5) is 2.70. The van der Waals surface area contributed by atoms with E-state index in [2.05, 4.69) is 53.7 Å². The SMILES string of the molecule is COCCNC(C)c1nnnn1C(C)Cc1ccc(C)s1. The number of rotatable bonds is 8. The van der Waals surface area contributed by atoms with Gasteiger partial charge in [0, 0.05) is 29.8 Å². The molecule has 116 valence electrons. The van der Waals surface area contributed by atoms with Crippen LogP contribution < -0.4 is 5.32 Å². The van der Waals surface area contributed by atoms with Crippen LogP contribution in [0.2, 0.25) is 0 Å². The molecule has 0 aliphatic rings. The largest absolute Gasteiger partial charge is 0.383 e. The normalized spacial score (nSPS) is 14.3. The van der Waals surface area contributed by atoms with Gasteiger partial charge in [-0.3, -0.25) is 0 Å². The highest BCUT2D eigenvalue weighted by Gasteiger charge is 2.18. The lowest BCUT2D eigenvalue weighted by atomic mass is 10.2. The third-order valence-electron chi connectivity index (χ3n) is 3.37. The molecular weight excluding hydrogens is 286 g/mol. The fourth-order valence-corrected chi connectivity index (χ4v) is 3.25. The van der Waals surface area contributed by atoms with Crippen molar-refractivity contribution < 1.29 is 4.74 Å². The summed E-state index contributed by atoms with van der Waals surface area (Å²) in [7, 11) is 1.70. The van der Waals surface area contributed by atoms with E-state index >= 15 is 0 Å². The number of hydrogen-bond donors (Lipinski definition) is 1. The first-order valence-corrected chi connectivity index (χ1v) is 7.99. The fourth-order valence-electron chi connectivity index (χ4n) is 2.24. The van der Waals surface area contributed by atoms with Crippen LogP contribution in [0.25, 0.3) is 0 Å². The van der Waals surface area contributed by atoms with Crippen molar-refractivity contribution in [3.05, 3.63) is 27.7 Å². The van der Waals surface area contributed by atoms with Gasteiger partial charge in [-0.15, -0.1) is 16.4 Å². The van der Waals surface area contributed by atoms with Crippen molar-refractivity contribution in [2.24, 2.45) is 0 Å². The van der Waals surface area contributed by atoms with Gasteiger partial charge in [0.05, 0.1) is 18.7 Å². The minimum absolute atomic E-state index is 0.0997. The second-order valence-corrected chi connectivity index (χ2v) is 6.59. The Morgan fingerprint density at radius 3 is 2.86 bits per heavy atom. The highest BCUT2D eigenvalue weighted by atomic mass is 32.1. The first-order chi connectivity index (χ1) is 10.1. The molecule has 2 atom stereocenters. The zero-order valence-electron chi connectivity index (χ0n) is 13.0. The molecule has 0 spiro atoms. The highest BCUT2D eigenvalue weighted by Crippen LogP contribution is 2.22. The van der Waals surface area contributed by atoms with Crippen LogP contribution in [-0.2, 0) is 11.2 Å². The van der Waals surface area contributed by atoms with E-state index in [1.807, 2.05) is 16.0 Å². The van der Waals surface area contributed by atoms with E-state index in [9.17, 15) is 0 Å². The van der Waals surface area contributed by atoms with E-state index in [4.69, 9.17) is 4.74 Å². The minimum atomic E-state index is 0.0997. The molecule has 2 unspecified atom stereocenters. The van der Waals surface area contributed by atoms with E-state index in [1.165, 1.54) is 9.75 Å². The fraction of sp³-hybridized carbons (Fsp3) is 0.643. The summed E-state index contributed by atoms with van der Waals surface area (Å²) in [5, 5.41) is 15.5. The highest BCUT2D eigenvalue weighted by molar-refractivity contribution is 7.11. The van der Waals surface area contributed by atoms with Gasteiger partial charge in [0.2, 0.25) is 0 Å². The second kappa shape index (κ2) is 7.63. The molecule has 1 N–H and O–H groups in total. The summed E-state index contributed by atoms with van der Waals surface area (Å²) in [5.41, 5.74) is 0. The Hall–Kier alpha value is -1.31. The number of tetrazole rings is 1. The number of hydrogen-bond acceptors (Lipinski definition) is 6. The summed E-state index contributed by atoms with van der Waals surface area (Å²) in [6, 6.07) is 4.67. The van der Waals surface area contributed by atoms with Crippen LogP contribution in [0.1, 0.15) is 41.5 Å². The Morgan fingerprint density at radius 1 is 1.38 bits per heavy atom. The summed E-state index contributed by atoms with van der Waals surface area (Å²) in [6.45, 7) is 7.80. The quantitative estimate of drug-likeness (QED) is 0.757. The Morgan fingerprint density at radius 2 is 2.19 bits per heavy atom. The minimum Gasteiger partial charge on any atom is -0.383 e. The molecule has 2 rings (SSSR count). The Kier molecular flexibility index (Phi) is 5.84. The predicted molar refractivity (Wildman–Crippen MR) is 83.6 cm³/mol. The van der Waals surface area contributed by atoms with Crippen LogP contribution in [0.5, 0.6) is 0 Å². The van der Waals surface area contributed by atoms with Crippen LogP contribution >= 0.6 is 11.3 Å². The average Bonchev–Trinajstić information content (AvgIpc) is 3.08. The van der Waals surface area contributed by atoms with Gasteiger partial charge >= 0.3 is 0 Å². The molecule has 0 amide bonds. The molecule has 0 saturated carbocycles. The molecule has 2 aromatic heterocycles. The van der Waals surface area contributed by atoms with Crippen LogP contribution in [0.3, 0.4) is 0 Å². The second-order valence-electron chi connectivity index (χ2n) is 5.22. The molecule has 0 saturated heterocycles. The van der Waals surface area contributed by atoms with Crippen LogP contribution in [0.15, 0.2) is 12.1 Å². The molecule has 0 aliphatic carbocycles. The van der Waals surface area contributed by atoms with Gasteiger partial charge < -0.3 is 10.1 Å². The number of methoxy groups -OCH3 is 1. The van der Waals surface area contributed by atoms with Crippen molar-refractivity contribution in [2.75, 3.05) is 20.3 Å². The molecule has 7 heteroatoms. The number of aryl methyl sites for hydroxylation is 1. The van der Waals surface area contributed by atoms with Gasteiger partial charge in [0.1, 0.15) is 0 Å². The first-order valence-electron chi connectivity index (χ1n) is 7.17. The van der Waals surface area contributed by atoms with Gasteiger partial charge in [-0.2, -0.15) is 0 Å². The lowest BCUT2D eigenvalue weighted by molar-refractivity contribution is 0.195. The van der Waals surface area contributed by atoms with E-state index in [0.717, 1.165) is 18.8 Å². The number of thiophene rings is 1. The van der Waals surface area contributed by atoms with E-state index in [0.29, 0.717) is 6.61 Å². The zero-order valence-corrected chi connectivity index (χ0v) is 13.9. The molecule has 2 heterocycles. The number of nitrogens with one attached hydrogen (secondary N) is 1. The average molecular weight is 309 g/mol. The standard InChI is InChI=1S/C14H23N5OS/c1-10(9-13-6-5-11(2)21-13)19-14(16-17-18-19)12(3)15-7-8-20-4/h5-6,10,12,15H,7-9H2,1-4H3. The summed E-state index contributed by atoms with van der Waals surface area (Å²) in [6.07, 6.45) is 0.946. The van der Waals surface area contributed by atoms with Crippen LogP contribution in [0.4, 0.5) is 0 Å². The monoisotopic (exact) mass is 309 g/mol. The summed E-state index contributed by atoms with van der Waals surface area (Å²) < 4.78 is 6.97. The summed E-state index contributed by atoms with van der Waals surface area (Å²) >= 11 is 1.83. The maximum absolute atomic E-state index is 5.05. The Labute approximate surface area is 129 Å². The summed E-state index contributed by atoms with van der Waals surface area (Å²) in [5.74, 6) is 0.867. The molecule has 0 radical (unpaired) electrons. The Bertz CT molecular complexity index is 553. The van der Waals surface area contributed by atoms with Crippen LogP contribution in [0, 0.1) is 6.92 Å². The zero-order chi connectivity index (χ0) is 15.2. The van der Waals surface area contributed by atoms with Crippen molar-refractivity contribution in [2.45, 2.75) is 39.3 Å². The third-order valence-corrected chi connectivity index (χ3v) is 4.40. The van der Waals surface area contributed by atoms with E-state index in [1.54, 1.807) is 7.11 Å². The molecule has 6 nitrogen and oxygen atoms in total. The Balaban J connectivity index is 2.01. The lowest BCUT2D eigenvalue weighted by Crippen LogP contribution is -2.27. The molecule has 2 aromatic rings. The maximum Gasteiger partial charge on any atom is 0.168 e. The van der Waals surface area contributed by atoms with Crippen LogP contribution in [-0.4, -0.2) is 40.5 Å². The first kappa shape index (κ1) is 16.1. The van der Waals surface area contributed by atoms with E-state index < -0.39 is 0 Å². The molecular formula is C14H23N5OS. The van der Waals surface area contributed by atoms with Crippen molar-refractivity contribution in [1.82, 2.24) is 25.5 Å². The van der Waals surface area contributed by atoms with E-state index in [-0.39, 0.29) is 12.1 Å². The number of ether oxygens (including phenoxy) is 1.